The fourth-order valence-electron chi connectivity index (χ4n) is 2.45. The Morgan fingerprint density at radius 1 is 1.14 bits per heavy atom. The highest BCUT2D eigenvalue weighted by atomic mass is 16.2. The van der Waals surface area contributed by atoms with Crippen LogP contribution in [0.1, 0.15) is 21.5 Å². The molecule has 0 saturated heterocycles. The van der Waals surface area contributed by atoms with Crippen molar-refractivity contribution in [1.29, 1.82) is 5.26 Å². The van der Waals surface area contributed by atoms with Crippen molar-refractivity contribution < 1.29 is 4.79 Å². The van der Waals surface area contributed by atoms with Gasteiger partial charge in [0.05, 0.1) is 11.8 Å². The highest BCUT2D eigenvalue weighted by Gasteiger charge is 2.28. The second-order valence-corrected chi connectivity index (χ2v) is 5.03. The van der Waals surface area contributed by atoms with E-state index in [9.17, 15) is 10.1 Å². The minimum atomic E-state index is -0.575. The van der Waals surface area contributed by atoms with E-state index < -0.39 is 6.04 Å². The molecule has 2 aromatic rings. The third kappa shape index (κ3) is 2.32. The van der Waals surface area contributed by atoms with Crippen molar-refractivity contribution in [2.45, 2.75) is 13.0 Å². The van der Waals surface area contributed by atoms with Crippen molar-refractivity contribution in [2.75, 3.05) is 4.90 Å². The Morgan fingerprint density at radius 2 is 1.86 bits per heavy atom. The number of fused-ring (bicyclic) bond motifs is 1. The molecule has 0 bridgehead atoms. The SMILES string of the molecule is Cc1ccc(C(=O)N2c3ccccc3C=C[C@@H]2C#N)cc1. The number of nitrogens with zero attached hydrogens (tertiary/aromatic N) is 2. The van der Waals surface area contributed by atoms with Crippen LogP contribution in [0.25, 0.3) is 6.08 Å². The van der Waals surface area contributed by atoms with Gasteiger partial charge in [-0.3, -0.25) is 9.69 Å². The van der Waals surface area contributed by atoms with Gasteiger partial charge in [-0.15, -0.1) is 0 Å². The molecule has 0 N–H and O–H groups in total. The number of rotatable bonds is 1. The molecule has 2 aromatic carbocycles. The van der Waals surface area contributed by atoms with E-state index in [4.69, 9.17) is 0 Å². The molecule has 3 nitrogen and oxygen atoms in total. The molecule has 1 aliphatic heterocycles. The number of carbonyl (C=O) groups is 1. The molecule has 0 saturated carbocycles. The lowest BCUT2D eigenvalue weighted by Gasteiger charge is -2.30. The smallest absolute Gasteiger partial charge is 0.259 e. The summed E-state index contributed by atoms with van der Waals surface area (Å²) in [7, 11) is 0. The number of aryl methyl sites for hydroxylation is 1. The van der Waals surface area contributed by atoms with Gasteiger partial charge in [0.25, 0.3) is 5.91 Å². The monoisotopic (exact) mass is 274 g/mol. The normalized spacial score (nSPS) is 16.2. The van der Waals surface area contributed by atoms with E-state index in [1.54, 1.807) is 23.1 Å². The molecule has 1 atom stereocenters. The summed E-state index contributed by atoms with van der Waals surface area (Å²) < 4.78 is 0. The lowest BCUT2D eigenvalue weighted by Crippen LogP contribution is -2.40. The van der Waals surface area contributed by atoms with Gasteiger partial charge >= 0.3 is 0 Å². The molecule has 21 heavy (non-hydrogen) atoms. The van der Waals surface area contributed by atoms with Crippen LogP contribution in [0.5, 0.6) is 0 Å². The van der Waals surface area contributed by atoms with E-state index in [0.717, 1.165) is 16.8 Å². The van der Waals surface area contributed by atoms with Gasteiger partial charge in [0.2, 0.25) is 0 Å². The van der Waals surface area contributed by atoms with Crippen LogP contribution in [0.15, 0.2) is 54.6 Å². The minimum Gasteiger partial charge on any atom is -0.288 e. The fourth-order valence-corrected chi connectivity index (χ4v) is 2.45. The van der Waals surface area contributed by atoms with Crippen LogP contribution < -0.4 is 4.90 Å². The third-order valence-corrected chi connectivity index (χ3v) is 3.58. The van der Waals surface area contributed by atoms with Gasteiger partial charge in [0, 0.05) is 5.56 Å². The molecule has 0 fully saturated rings. The molecule has 0 radical (unpaired) electrons. The quantitative estimate of drug-likeness (QED) is 0.798. The Morgan fingerprint density at radius 3 is 2.57 bits per heavy atom. The summed E-state index contributed by atoms with van der Waals surface area (Å²) in [6, 6.07) is 16.6. The second-order valence-electron chi connectivity index (χ2n) is 5.03. The number of benzene rings is 2. The first-order valence-electron chi connectivity index (χ1n) is 6.78. The molecule has 1 amide bonds. The van der Waals surface area contributed by atoms with Crippen LogP contribution in [0.4, 0.5) is 5.69 Å². The number of hydrogen-bond donors (Lipinski definition) is 0. The standard InChI is InChI=1S/C18H14N2O/c1-13-6-8-15(9-7-13)18(21)20-16(12-19)11-10-14-4-2-3-5-17(14)20/h2-11,16H,1H3/t16-/m1/s1. The highest BCUT2D eigenvalue weighted by Crippen LogP contribution is 2.30. The Kier molecular flexibility index (Phi) is 3.29. The molecular formula is C18H14N2O. The van der Waals surface area contributed by atoms with Crippen LogP contribution in [-0.2, 0) is 0 Å². The van der Waals surface area contributed by atoms with Gasteiger partial charge in [-0.2, -0.15) is 5.26 Å². The summed E-state index contributed by atoms with van der Waals surface area (Å²) in [5, 5.41) is 9.33. The zero-order chi connectivity index (χ0) is 14.8. The average Bonchev–Trinajstić information content (AvgIpc) is 2.53. The zero-order valence-electron chi connectivity index (χ0n) is 11.7. The van der Waals surface area contributed by atoms with Crippen LogP contribution in [0, 0.1) is 18.3 Å². The summed E-state index contributed by atoms with van der Waals surface area (Å²) >= 11 is 0. The lowest BCUT2D eigenvalue weighted by molar-refractivity contribution is 0.0985. The first-order chi connectivity index (χ1) is 10.2. The Hall–Kier alpha value is -2.86. The highest BCUT2D eigenvalue weighted by molar-refractivity contribution is 6.08. The molecular weight excluding hydrogens is 260 g/mol. The first kappa shape index (κ1) is 13.1. The van der Waals surface area contributed by atoms with E-state index in [1.165, 1.54) is 0 Å². The van der Waals surface area contributed by atoms with E-state index in [0.29, 0.717) is 5.56 Å². The van der Waals surface area contributed by atoms with Crippen molar-refractivity contribution in [3.8, 4) is 6.07 Å². The van der Waals surface area contributed by atoms with Crippen LogP contribution >= 0.6 is 0 Å². The van der Waals surface area contributed by atoms with Gasteiger partial charge in [0.15, 0.2) is 0 Å². The van der Waals surface area contributed by atoms with Crippen LogP contribution in [0.2, 0.25) is 0 Å². The number of para-hydroxylation sites is 1. The van der Waals surface area contributed by atoms with E-state index >= 15 is 0 Å². The number of carbonyl (C=O) groups excluding carboxylic acids is 1. The van der Waals surface area contributed by atoms with Gasteiger partial charge < -0.3 is 0 Å². The fraction of sp³-hybridized carbons (Fsp3) is 0.111. The van der Waals surface area contributed by atoms with Crippen molar-refractivity contribution >= 4 is 17.7 Å². The summed E-state index contributed by atoms with van der Waals surface area (Å²) in [6.45, 7) is 1.98. The summed E-state index contributed by atoms with van der Waals surface area (Å²) in [5.74, 6) is -0.154. The van der Waals surface area contributed by atoms with Gasteiger partial charge in [0.1, 0.15) is 6.04 Å². The zero-order valence-corrected chi connectivity index (χ0v) is 11.7. The van der Waals surface area contributed by atoms with E-state index in [1.807, 2.05) is 49.4 Å². The van der Waals surface area contributed by atoms with Gasteiger partial charge in [-0.05, 0) is 36.8 Å². The number of amides is 1. The maximum absolute atomic E-state index is 12.8. The molecule has 0 unspecified atom stereocenters. The van der Waals surface area contributed by atoms with E-state index in [2.05, 4.69) is 6.07 Å². The number of hydrogen-bond acceptors (Lipinski definition) is 2. The predicted octanol–water partition coefficient (Wildman–Crippen LogP) is 3.56. The lowest BCUT2D eigenvalue weighted by atomic mass is 10.0. The first-order valence-corrected chi connectivity index (χ1v) is 6.78. The molecule has 3 rings (SSSR count). The summed E-state index contributed by atoms with van der Waals surface area (Å²) in [4.78, 5) is 14.3. The molecule has 1 heterocycles. The molecule has 3 heteroatoms. The summed E-state index contributed by atoms with van der Waals surface area (Å²) in [6.07, 6.45) is 3.65. The molecule has 0 spiro atoms. The van der Waals surface area contributed by atoms with Gasteiger partial charge in [-0.25, -0.2) is 0 Å². The van der Waals surface area contributed by atoms with Gasteiger partial charge in [-0.1, -0.05) is 42.0 Å². The van der Waals surface area contributed by atoms with Crippen LogP contribution in [-0.4, -0.2) is 11.9 Å². The average molecular weight is 274 g/mol. The van der Waals surface area contributed by atoms with E-state index in [-0.39, 0.29) is 5.91 Å². The third-order valence-electron chi connectivity index (χ3n) is 3.58. The number of nitriles is 1. The molecule has 0 aliphatic carbocycles. The Labute approximate surface area is 123 Å². The topological polar surface area (TPSA) is 44.1 Å². The largest absolute Gasteiger partial charge is 0.288 e. The Bertz CT molecular complexity index is 754. The van der Waals surface area contributed by atoms with Crippen LogP contribution in [0.3, 0.4) is 0 Å². The maximum atomic E-state index is 12.8. The minimum absolute atomic E-state index is 0.154. The molecule has 0 aromatic heterocycles. The van der Waals surface area contributed by atoms with Crippen molar-refractivity contribution in [3.63, 3.8) is 0 Å². The summed E-state index contributed by atoms with van der Waals surface area (Å²) in [5.41, 5.74) is 3.41. The van der Waals surface area contributed by atoms with Crippen molar-refractivity contribution in [2.24, 2.45) is 0 Å². The predicted molar refractivity (Wildman–Crippen MR) is 82.9 cm³/mol. The maximum Gasteiger partial charge on any atom is 0.259 e. The van der Waals surface area contributed by atoms with Crippen molar-refractivity contribution in [1.82, 2.24) is 0 Å². The number of anilines is 1. The molecule has 102 valence electrons. The molecule has 1 aliphatic rings. The Balaban J connectivity index is 2.06. The second kappa shape index (κ2) is 5.26. The van der Waals surface area contributed by atoms with Crippen molar-refractivity contribution in [3.05, 3.63) is 71.3 Å².